The number of benzene rings is 1. The van der Waals surface area contributed by atoms with E-state index in [1.165, 1.54) is 10.3 Å². The Balaban J connectivity index is 2.63. The van der Waals surface area contributed by atoms with Gasteiger partial charge in [0.25, 0.3) is 0 Å². The highest BCUT2D eigenvalue weighted by atomic mass is 32.1. The van der Waals surface area contributed by atoms with Crippen LogP contribution in [-0.4, -0.2) is 11.1 Å². The van der Waals surface area contributed by atoms with Crippen molar-refractivity contribution in [1.29, 1.82) is 0 Å². The summed E-state index contributed by atoms with van der Waals surface area (Å²) in [4.78, 5) is 10.6. The Morgan fingerprint density at radius 1 is 1.50 bits per heavy atom. The molecule has 3 heteroatoms. The summed E-state index contributed by atoms with van der Waals surface area (Å²) in [6, 6.07) is 5.82. The van der Waals surface area contributed by atoms with Gasteiger partial charge in [0.05, 0.1) is 6.42 Å². The van der Waals surface area contributed by atoms with Gasteiger partial charge in [-0.1, -0.05) is 12.1 Å². The summed E-state index contributed by atoms with van der Waals surface area (Å²) in [6.07, 6.45) is 0.106. The Bertz CT molecular complexity index is 485. The average molecular weight is 206 g/mol. The maximum Gasteiger partial charge on any atom is 0.307 e. The van der Waals surface area contributed by atoms with Crippen LogP contribution < -0.4 is 0 Å². The lowest BCUT2D eigenvalue weighted by molar-refractivity contribution is -0.136. The average Bonchev–Trinajstić information content (AvgIpc) is 2.48. The monoisotopic (exact) mass is 206 g/mol. The number of carboxylic acid groups (broad SMARTS) is 1. The fourth-order valence-electron chi connectivity index (χ4n) is 1.64. The topological polar surface area (TPSA) is 37.3 Å². The van der Waals surface area contributed by atoms with Gasteiger partial charge in [-0.25, -0.2) is 0 Å². The van der Waals surface area contributed by atoms with E-state index < -0.39 is 5.97 Å². The van der Waals surface area contributed by atoms with E-state index in [1.54, 1.807) is 11.3 Å². The number of carbonyl (C=O) groups is 1. The van der Waals surface area contributed by atoms with Crippen LogP contribution in [0.4, 0.5) is 0 Å². The first-order valence-electron chi connectivity index (χ1n) is 4.36. The van der Waals surface area contributed by atoms with Gasteiger partial charge in [0.2, 0.25) is 0 Å². The van der Waals surface area contributed by atoms with Gasteiger partial charge in [-0.2, -0.15) is 0 Å². The first kappa shape index (κ1) is 9.21. The van der Waals surface area contributed by atoms with Gasteiger partial charge in [0.1, 0.15) is 0 Å². The van der Waals surface area contributed by atoms with Crippen molar-refractivity contribution in [3.8, 4) is 0 Å². The predicted molar refractivity (Wildman–Crippen MR) is 57.9 cm³/mol. The van der Waals surface area contributed by atoms with Gasteiger partial charge in [-0.15, -0.1) is 11.3 Å². The summed E-state index contributed by atoms with van der Waals surface area (Å²) in [5.41, 5.74) is 2.08. The van der Waals surface area contributed by atoms with Crippen molar-refractivity contribution in [3.63, 3.8) is 0 Å². The molecule has 14 heavy (non-hydrogen) atoms. The molecule has 0 unspecified atom stereocenters. The maximum atomic E-state index is 10.6. The van der Waals surface area contributed by atoms with Crippen molar-refractivity contribution in [2.24, 2.45) is 0 Å². The van der Waals surface area contributed by atoms with E-state index in [0.29, 0.717) is 0 Å². The summed E-state index contributed by atoms with van der Waals surface area (Å²) in [6.45, 7) is 2.02. The molecule has 1 N–H and O–H groups in total. The Kier molecular flexibility index (Phi) is 2.25. The van der Waals surface area contributed by atoms with Crippen molar-refractivity contribution in [3.05, 3.63) is 34.7 Å². The van der Waals surface area contributed by atoms with Crippen LogP contribution in [0.2, 0.25) is 0 Å². The van der Waals surface area contributed by atoms with Crippen LogP contribution in [0.1, 0.15) is 11.1 Å². The molecule has 1 aromatic carbocycles. The fourth-order valence-corrected chi connectivity index (χ4v) is 2.63. The molecule has 0 radical (unpaired) electrons. The van der Waals surface area contributed by atoms with Gasteiger partial charge in [0.15, 0.2) is 0 Å². The highest BCUT2D eigenvalue weighted by Crippen LogP contribution is 2.28. The van der Waals surface area contributed by atoms with Crippen molar-refractivity contribution in [1.82, 2.24) is 0 Å². The number of aryl methyl sites for hydroxylation is 1. The molecule has 0 bridgehead atoms. The molecular formula is C11H10O2S. The molecule has 1 heterocycles. The van der Waals surface area contributed by atoms with Crippen LogP contribution >= 0.6 is 11.3 Å². The van der Waals surface area contributed by atoms with Gasteiger partial charge in [-0.05, 0) is 34.9 Å². The predicted octanol–water partition coefficient (Wildman–Crippen LogP) is 2.84. The molecule has 0 fully saturated rings. The molecule has 0 saturated heterocycles. The second-order valence-electron chi connectivity index (χ2n) is 3.28. The third-order valence-corrected chi connectivity index (χ3v) is 3.28. The van der Waals surface area contributed by atoms with E-state index in [1.807, 2.05) is 25.1 Å². The summed E-state index contributed by atoms with van der Waals surface area (Å²) in [7, 11) is 0. The number of aliphatic carboxylic acids is 1. The molecule has 0 aliphatic heterocycles. The summed E-state index contributed by atoms with van der Waals surface area (Å²) in [5.74, 6) is -0.775. The molecule has 0 saturated carbocycles. The highest BCUT2D eigenvalue weighted by Gasteiger charge is 2.08. The zero-order chi connectivity index (χ0) is 10.1. The van der Waals surface area contributed by atoms with E-state index in [9.17, 15) is 4.79 Å². The SMILES string of the molecule is Cc1csc2cccc(CC(=O)O)c12. The molecular weight excluding hydrogens is 196 g/mol. The Morgan fingerprint density at radius 2 is 2.29 bits per heavy atom. The molecule has 2 aromatic rings. The first-order valence-corrected chi connectivity index (χ1v) is 5.24. The smallest absolute Gasteiger partial charge is 0.307 e. The minimum Gasteiger partial charge on any atom is -0.481 e. The number of rotatable bonds is 2. The summed E-state index contributed by atoms with van der Waals surface area (Å²) < 4.78 is 1.17. The molecule has 2 nitrogen and oxygen atoms in total. The van der Waals surface area contributed by atoms with Crippen molar-refractivity contribution >= 4 is 27.4 Å². The minimum atomic E-state index is -0.775. The van der Waals surface area contributed by atoms with Gasteiger partial charge >= 0.3 is 5.97 Å². The Morgan fingerprint density at radius 3 is 3.00 bits per heavy atom. The van der Waals surface area contributed by atoms with E-state index in [4.69, 9.17) is 5.11 Å². The zero-order valence-corrected chi connectivity index (χ0v) is 8.60. The number of hydrogen-bond acceptors (Lipinski definition) is 2. The highest BCUT2D eigenvalue weighted by molar-refractivity contribution is 7.17. The second-order valence-corrected chi connectivity index (χ2v) is 4.19. The largest absolute Gasteiger partial charge is 0.481 e. The van der Waals surface area contributed by atoms with Crippen LogP contribution in [-0.2, 0) is 11.2 Å². The normalized spacial score (nSPS) is 10.6. The quantitative estimate of drug-likeness (QED) is 0.820. The molecule has 0 spiro atoms. The lowest BCUT2D eigenvalue weighted by Crippen LogP contribution is -2.00. The lowest BCUT2D eigenvalue weighted by Gasteiger charge is -2.00. The van der Waals surface area contributed by atoms with Crippen molar-refractivity contribution in [2.75, 3.05) is 0 Å². The first-order chi connectivity index (χ1) is 6.68. The third kappa shape index (κ3) is 1.51. The van der Waals surface area contributed by atoms with Crippen molar-refractivity contribution < 1.29 is 9.90 Å². The zero-order valence-electron chi connectivity index (χ0n) is 7.78. The second kappa shape index (κ2) is 3.42. The van der Waals surface area contributed by atoms with E-state index in [2.05, 4.69) is 5.38 Å². The molecule has 2 rings (SSSR count). The van der Waals surface area contributed by atoms with Gasteiger partial charge in [-0.3, -0.25) is 4.79 Å². The van der Waals surface area contributed by atoms with E-state index in [0.717, 1.165) is 10.9 Å². The number of hydrogen-bond donors (Lipinski definition) is 1. The third-order valence-electron chi connectivity index (χ3n) is 2.21. The number of thiophene rings is 1. The van der Waals surface area contributed by atoms with Crippen LogP contribution in [0.5, 0.6) is 0 Å². The lowest BCUT2D eigenvalue weighted by atomic mass is 10.0. The number of carboxylic acids is 1. The fraction of sp³-hybridized carbons (Fsp3) is 0.182. The minimum absolute atomic E-state index is 0.106. The molecule has 1 aromatic heterocycles. The van der Waals surface area contributed by atoms with Crippen molar-refractivity contribution in [2.45, 2.75) is 13.3 Å². The number of fused-ring (bicyclic) bond motifs is 1. The Labute approximate surface area is 85.8 Å². The van der Waals surface area contributed by atoms with Crippen LogP contribution in [0.3, 0.4) is 0 Å². The molecule has 0 aliphatic carbocycles. The summed E-state index contributed by atoms with van der Waals surface area (Å²) in [5, 5.41) is 11.9. The Hall–Kier alpha value is -1.35. The van der Waals surface area contributed by atoms with Crippen LogP contribution in [0.15, 0.2) is 23.6 Å². The molecule has 72 valence electrons. The van der Waals surface area contributed by atoms with E-state index in [-0.39, 0.29) is 6.42 Å². The molecule has 0 atom stereocenters. The van der Waals surface area contributed by atoms with Gasteiger partial charge in [0, 0.05) is 4.70 Å². The van der Waals surface area contributed by atoms with E-state index >= 15 is 0 Å². The standard InChI is InChI=1S/C11H10O2S/c1-7-6-14-9-4-2-3-8(11(7)9)5-10(12)13/h2-4,6H,5H2,1H3,(H,12,13). The molecule has 0 amide bonds. The molecule has 0 aliphatic rings. The van der Waals surface area contributed by atoms with Crippen LogP contribution in [0.25, 0.3) is 10.1 Å². The maximum absolute atomic E-state index is 10.6. The van der Waals surface area contributed by atoms with Gasteiger partial charge < -0.3 is 5.11 Å². The van der Waals surface area contributed by atoms with Crippen LogP contribution in [0, 0.1) is 6.92 Å². The summed E-state index contributed by atoms with van der Waals surface area (Å²) >= 11 is 1.66.